The van der Waals surface area contributed by atoms with Gasteiger partial charge < -0.3 is 14.1 Å². The first-order chi connectivity index (χ1) is 22.2. The molecule has 3 aromatic carbocycles. The number of aromatic nitrogens is 1. The fourth-order valence-corrected chi connectivity index (χ4v) is 6.83. The average Bonchev–Trinajstić information content (AvgIpc) is 3.64. The molecule has 12 heteroatoms. The second-order valence-electron chi connectivity index (χ2n) is 10.6. The Labute approximate surface area is 266 Å². The standard InChI is InChI=1S/C34H29FN4O6S/c1-5-37(6-2)33(41)29-19(3)36-34-38(31(29)30-23-10-8-7-9-20(23)12-15-27(30)44-4)32(40)28(46-34)18-22-13-16-26(45-22)21-11-14-24(35)25(17-21)39(42)43/h7-18,31H,5-6H2,1-4H3/b28-18+/t31-/m0/s1. The van der Waals surface area contributed by atoms with Crippen molar-refractivity contribution < 1.29 is 23.3 Å². The zero-order chi connectivity index (χ0) is 32.7. The largest absolute Gasteiger partial charge is 0.496 e. The molecule has 1 atom stereocenters. The number of amides is 1. The predicted octanol–water partition coefficient (Wildman–Crippen LogP) is 5.57. The lowest BCUT2D eigenvalue weighted by atomic mass is 9.90. The van der Waals surface area contributed by atoms with E-state index in [-0.39, 0.29) is 17.2 Å². The first kappa shape index (κ1) is 30.7. The molecule has 5 aromatic rings. The summed E-state index contributed by atoms with van der Waals surface area (Å²) in [5, 5.41) is 13.0. The maximum Gasteiger partial charge on any atom is 0.305 e. The molecule has 2 aromatic heterocycles. The van der Waals surface area contributed by atoms with E-state index in [0.717, 1.165) is 34.2 Å². The molecule has 234 valence electrons. The third-order valence-electron chi connectivity index (χ3n) is 8.05. The van der Waals surface area contributed by atoms with E-state index >= 15 is 0 Å². The first-order valence-electron chi connectivity index (χ1n) is 14.6. The molecule has 0 saturated carbocycles. The average molecular weight is 641 g/mol. The maximum absolute atomic E-state index is 14.3. The van der Waals surface area contributed by atoms with Crippen LogP contribution in [0.5, 0.6) is 5.75 Å². The molecular formula is C34H29FN4O6S. The molecule has 0 unspecified atom stereocenters. The lowest BCUT2D eigenvalue weighted by Gasteiger charge is -2.30. The number of ether oxygens (including phenoxy) is 1. The minimum absolute atomic E-state index is 0.218. The molecule has 0 fully saturated rings. The SMILES string of the molecule is CCN(CC)C(=O)C1=C(C)N=c2s/c(=C/c3ccc(-c4ccc(F)c([N+](=O)[O-])c4)o3)c(=O)n2[C@@H]1c1c(OC)ccc2ccccc12. The number of fused-ring (bicyclic) bond motifs is 2. The Morgan fingerprint density at radius 3 is 2.63 bits per heavy atom. The van der Waals surface area contributed by atoms with Gasteiger partial charge in [0.1, 0.15) is 23.3 Å². The van der Waals surface area contributed by atoms with Crippen LogP contribution in [0.1, 0.15) is 38.1 Å². The van der Waals surface area contributed by atoms with E-state index in [2.05, 4.69) is 0 Å². The quantitative estimate of drug-likeness (QED) is 0.162. The van der Waals surface area contributed by atoms with E-state index in [4.69, 9.17) is 14.1 Å². The summed E-state index contributed by atoms with van der Waals surface area (Å²) in [7, 11) is 1.56. The second-order valence-corrected chi connectivity index (χ2v) is 11.6. The van der Waals surface area contributed by atoms with E-state index in [9.17, 15) is 24.1 Å². The first-order valence-corrected chi connectivity index (χ1v) is 15.4. The Bertz CT molecular complexity index is 2250. The van der Waals surface area contributed by atoms with Crippen molar-refractivity contribution in [2.24, 2.45) is 4.99 Å². The molecule has 0 radical (unpaired) electrons. The summed E-state index contributed by atoms with van der Waals surface area (Å²) in [5.74, 6) is -0.0650. The summed E-state index contributed by atoms with van der Waals surface area (Å²) in [6, 6.07) is 17.4. The number of hydrogen-bond acceptors (Lipinski definition) is 8. The Morgan fingerprint density at radius 1 is 1.15 bits per heavy atom. The molecular weight excluding hydrogens is 611 g/mol. The van der Waals surface area contributed by atoms with Crippen molar-refractivity contribution in [2.75, 3.05) is 20.2 Å². The number of allylic oxidation sites excluding steroid dienone is 1. The van der Waals surface area contributed by atoms with Gasteiger partial charge in [0.15, 0.2) is 4.80 Å². The number of thiazole rings is 1. The monoisotopic (exact) mass is 640 g/mol. The van der Waals surface area contributed by atoms with Gasteiger partial charge in [-0.25, -0.2) is 4.99 Å². The molecule has 1 aliphatic heterocycles. The summed E-state index contributed by atoms with van der Waals surface area (Å²) in [6.45, 7) is 6.55. The molecule has 3 heterocycles. The number of carbonyl (C=O) groups excluding carboxylic acids is 1. The smallest absolute Gasteiger partial charge is 0.305 e. The zero-order valence-electron chi connectivity index (χ0n) is 25.4. The maximum atomic E-state index is 14.3. The molecule has 0 aliphatic carbocycles. The van der Waals surface area contributed by atoms with Crippen molar-refractivity contribution in [3.05, 3.63) is 125 Å². The fraction of sp³-hybridized carbons (Fsp3) is 0.206. The molecule has 1 aliphatic rings. The molecule has 0 N–H and O–H groups in total. The van der Waals surface area contributed by atoms with Gasteiger partial charge in [-0.2, -0.15) is 4.39 Å². The highest BCUT2D eigenvalue weighted by Crippen LogP contribution is 2.40. The Balaban J connectivity index is 1.55. The van der Waals surface area contributed by atoms with Crippen LogP contribution in [0.2, 0.25) is 0 Å². The molecule has 10 nitrogen and oxygen atoms in total. The van der Waals surface area contributed by atoms with E-state index in [1.165, 1.54) is 10.6 Å². The number of carbonyl (C=O) groups is 1. The highest BCUT2D eigenvalue weighted by atomic mass is 32.1. The summed E-state index contributed by atoms with van der Waals surface area (Å²) >= 11 is 1.15. The second kappa shape index (κ2) is 12.2. The van der Waals surface area contributed by atoms with E-state index in [0.29, 0.717) is 56.3 Å². The molecule has 0 saturated heterocycles. The zero-order valence-corrected chi connectivity index (χ0v) is 26.3. The summed E-state index contributed by atoms with van der Waals surface area (Å²) in [4.78, 5) is 45.7. The number of furan rings is 1. The summed E-state index contributed by atoms with van der Waals surface area (Å²) in [6.07, 6.45) is 1.56. The van der Waals surface area contributed by atoms with Crippen LogP contribution in [-0.2, 0) is 4.79 Å². The number of halogens is 1. The van der Waals surface area contributed by atoms with Crippen molar-refractivity contribution in [3.63, 3.8) is 0 Å². The Kier molecular flexibility index (Phi) is 8.13. The van der Waals surface area contributed by atoms with E-state index < -0.39 is 22.5 Å². The minimum Gasteiger partial charge on any atom is -0.496 e. The number of nitro groups is 1. The molecule has 0 bridgehead atoms. The lowest BCUT2D eigenvalue weighted by molar-refractivity contribution is -0.387. The van der Waals surface area contributed by atoms with Crippen molar-refractivity contribution in [3.8, 4) is 17.1 Å². The van der Waals surface area contributed by atoms with Gasteiger partial charge in [0, 0.05) is 36.4 Å². The van der Waals surface area contributed by atoms with Crippen LogP contribution >= 0.6 is 11.3 Å². The van der Waals surface area contributed by atoms with Crippen molar-refractivity contribution in [1.82, 2.24) is 9.47 Å². The van der Waals surface area contributed by atoms with Crippen LogP contribution in [0.4, 0.5) is 10.1 Å². The van der Waals surface area contributed by atoms with E-state index in [1.807, 2.05) is 50.2 Å². The Morgan fingerprint density at radius 2 is 1.91 bits per heavy atom. The highest BCUT2D eigenvalue weighted by molar-refractivity contribution is 7.07. The number of likely N-dealkylation sites (N-methyl/N-ethyl adjacent to an activating group) is 1. The lowest BCUT2D eigenvalue weighted by Crippen LogP contribution is -2.43. The van der Waals surface area contributed by atoms with Crippen molar-refractivity contribution in [2.45, 2.75) is 26.8 Å². The van der Waals surface area contributed by atoms with Gasteiger partial charge in [0.05, 0.1) is 27.8 Å². The van der Waals surface area contributed by atoms with Gasteiger partial charge in [-0.1, -0.05) is 41.7 Å². The van der Waals surface area contributed by atoms with Crippen LogP contribution in [0.3, 0.4) is 0 Å². The van der Waals surface area contributed by atoms with Crippen molar-refractivity contribution in [1.29, 1.82) is 0 Å². The van der Waals surface area contributed by atoms with Gasteiger partial charge in [0.2, 0.25) is 5.82 Å². The minimum atomic E-state index is -0.951. The number of nitrogens with zero attached hydrogens (tertiary/aromatic N) is 4. The van der Waals surface area contributed by atoms with Crippen LogP contribution in [0, 0.1) is 15.9 Å². The van der Waals surface area contributed by atoms with Gasteiger partial charge in [-0.15, -0.1) is 0 Å². The van der Waals surface area contributed by atoms with Gasteiger partial charge in [0.25, 0.3) is 11.5 Å². The Hall–Kier alpha value is -5.36. The normalized spacial score (nSPS) is 14.7. The summed E-state index contributed by atoms with van der Waals surface area (Å²) in [5.41, 5.74) is 0.830. The summed E-state index contributed by atoms with van der Waals surface area (Å²) < 4.78 is 27.5. The van der Waals surface area contributed by atoms with Crippen molar-refractivity contribution >= 4 is 39.8 Å². The topological polar surface area (TPSA) is 120 Å². The molecule has 46 heavy (non-hydrogen) atoms. The van der Waals surface area contributed by atoms with Gasteiger partial charge in [-0.3, -0.25) is 24.3 Å². The third kappa shape index (κ3) is 5.20. The van der Waals surface area contributed by atoms with Crippen LogP contribution in [-0.4, -0.2) is 40.5 Å². The van der Waals surface area contributed by atoms with Gasteiger partial charge in [-0.05, 0) is 61.9 Å². The highest BCUT2D eigenvalue weighted by Gasteiger charge is 2.36. The fourth-order valence-electron chi connectivity index (χ4n) is 5.81. The third-order valence-corrected chi connectivity index (χ3v) is 9.04. The predicted molar refractivity (Wildman–Crippen MR) is 173 cm³/mol. The molecule has 0 spiro atoms. The van der Waals surface area contributed by atoms with Gasteiger partial charge >= 0.3 is 5.69 Å². The number of benzene rings is 3. The molecule has 1 amide bonds. The number of rotatable bonds is 8. The van der Waals surface area contributed by atoms with Crippen LogP contribution in [0.15, 0.2) is 92.2 Å². The van der Waals surface area contributed by atoms with Crippen LogP contribution in [0.25, 0.3) is 28.2 Å². The number of nitro benzene ring substituents is 1. The number of methoxy groups -OCH3 is 1. The van der Waals surface area contributed by atoms with Crippen LogP contribution < -0.4 is 19.6 Å². The van der Waals surface area contributed by atoms with E-state index in [1.54, 1.807) is 37.1 Å². The number of hydrogen-bond donors (Lipinski definition) is 0. The molecule has 6 rings (SSSR count).